The zero-order valence-corrected chi connectivity index (χ0v) is 13.8. The minimum atomic E-state index is -3.91. The number of hydrogen-bond acceptors (Lipinski definition) is 6. The van der Waals surface area contributed by atoms with E-state index >= 15 is 0 Å². The van der Waals surface area contributed by atoms with E-state index in [9.17, 15) is 8.42 Å². The molecular weight excluding hydrogens is 320 g/mol. The van der Waals surface area contributed by atoms with Crippen molar-refractivity contribution < 1.29 is 22.1 Å². The van der Waals surface area contributed by atoms with Crippen molar-refractivity contribution in [2.75, 3.05) is 12.8 Å². The quantitative estimate of drug-likeness (QED) is 0.810. The van der Waals surface area contributed by atoms with Crippen molar-refractivity contribution in [3.63, 3.8) is 0 Å². The first-order valence-electron chi connectivity index (χ1n) is 7.76. The van der Waals surface area contributed by atoms with E-state index in [4.69, 9.17) is 19.4 Å². The van der Waals surface area contributed by atoms with E-state index in [1.54, 1.807) is 12.1 Å². The van der Waals surface area contributed by atoms with Crippen molar-refractivity contribution >= 4 is 16.0 Å². The average molecular weight is 342 g/mol. The summed E-state index contributed by atoms with van der Waals surface area (Å²) >= 11 is 0. The smallest absolute Gasteiger partial charge is 0.338 e. The first-order valence-corrected chi connectivity index (χ1v) is 9.17. The summed E-state index contributed by atoms with van der Waals surface area (Å²) in [6.07, 6.45) is 2.76. The molecule has 2 aliphatic rings. The fourth-order valence-corrected chi connectivity index (χ4v) is 3.62. The fraction of sp³-hybridized carbons (Fsp3) is 0.600. The largest absolute Gasteiger partial charge is 0.398 e. The average Bonchev–Trinajstić information content (AvgIpc) is 2.85. The van der Waals surface area contributed by atoms with Crippen molar-refractivity contribution in [3.8, 4) is 0 Å². The molecule has 2 atom stereocenters. The lowest BCUT2D eigenvalue weighted by Gasteiger charge is -2.31. The highest BCUT2D eigenvalue weighted by atomic mass is 32.2. The highest BCUT2D eigenvalue weighted by molar-refractivity contribution is 7.84. The van der Waals surface area contributed by atoms with Gasteiger partial charge in [0.25, 0.3) is 0 Å². The lowest BCUT2D eigenvalue weighted by Crippen LogP contribution is -2.35. The molecule has 23 heavy (non-hydrogen) atoms. The topological polar surface area (TPSA) is 99.9 Å². The molecule has 1 aromatic rings. The summed E-state index contributed by atoms with van der Waals surface area (Å²) in [4.78, 5) is 0. The zero-order valence-electron chi connectivity index (χ0n) is 13.0. The number of nitrogens with two attached hydrogens (primary N) is 1. The second kappa shape index (κ2) is 6.37. The summed E-state index contributed by atoms with van der Waals surface area (Å²) in [6.45, 7) is 0. The van der Waals surface area contributed by atoms with E-state index in [2.05, 4.69) is 4.72 Å². The number of ether oxygens (including phenoxy) is 2. The van der Waals surface area contributed by atoms with Crippen LogP contribution in [0.2, 0.25) is 0 Å². The Morgan fingerprint density at radius 1 is 1.22 bits per heavy atom. The van der Waals surface area contributed by atoms with Crippen LogP contribution in [0.4, 0.5) is 5.69 Å². The summed E-state index contributed by atoms with van der Waals surface area (Å²) in [5.74, 6) is -0.793. The van der Waals surface area contributed by atoms with E-state index < -0.39 is 28.5 Å². The molecule has 3 N–H and O–H groups in total. The van der Waals surface area contributed by atoms with Gasteiger partial charge in [0.2, 0.25) is 6.29 Å². The molecule has 0 radical (unpaired) electrons. The van der Waals surface area contributed by atoms with Gasteiger partial charge in [-0.1, -0.05) is 24.6 Å². The Labute approximate surface area is 136 Å². The van der Waals surface area contributed by atoms with Crippen LogP contribution in [0.15, 0.2) is 24.3 Å². The molecule has 2 unspecified atom stereocenters. The molecule has 128 valence electrons. The van der Waals surface area contributed by atoms with Crippen LogP contribution in [0.3, 0.4) is 0 Å². The Hall–Kier alpha value is -1.19. The zero-order chi connectivity index (χ0) is 16.5. The molecule has 0 aromatic heterocycles. The maximum absolute atomic E-state index is 11.8. The van der Waals surface area contributed by atoms with E-state index in [1.165, 1.54) is 7.05 Å². The molecule has 1 aromatic carbocycles. The van der Waals surface area contributed by atoms with Crippen LogP contribution < -0.4 is 10.5 Å². The third-order valence-corrected chi connectivity index (χ3v) is 5.25. The normalized spacial score (nSPS) is 27.3. The maximum atomic E-state index is 11.8. The van der Waals surface area contributed by atoms with Crippen molar-refractivity contribution in [2.24, 2.45) is 0 Å². The molecule has 8 heteroatoms. The summed E-state index contributed by atoms with van der Waals surface area (Å²) in [7, 11) is -2.62. The molecule has 7 nitrogen and oxygen atoms in total. The lowest BCUT2D eigenvalue weighted by atomic mass is 9.94. The fourth-order valence-electron chi connectivity index (χ4n) is 3.14. The van der Waals surface area contributed by atoms with Gasteiger partial charge >= 0.3 is 10.3 Å². The Bertz CT molecular complexity index is 658. The number of para-hydroxylation sites is 1. The van der Waals surface area contributed by atoms with Gasteiger partial charge in [0, 0.05) is 31.1 Å². The van der Waals surface area contributed by atoms with Crippen molar-refractivity contribution in [1.82, 2.24) is 4.72 Å². The monoisotopic (exact) mass is 342 g/mol. The molecule has 1 saturated carbocycles. The summed E-state index contributed by atoms with van der Waals surface area (Å²) < 4.78 is 42.9. The Kier molecular flexibility index (Phi) is 4.61. The van der Waals surface area contributed by atoms with Crippen LogP contribution in [-0.4, -0.2) is 27.5 Å². The molecule has 1 aliphatic carbocycles. The molecule has 1 spiro atoms. The Balaban J connectivity index is 1.91. The predicted octanol–water partition coefficient (Wildman–Crippen LogP) is 1.82. The third kappa shape index (κ3) is 3.51. The van der Waals surface area contributed by atoms with Gasteiger partial charge in [-0.05, 0) is 18.9 Å². The van der Waals surface area contributed by atoms with Crippen molar-refractivity contribution in [1.29, 1.82) is 0 Å². The minimum Gasteiger partial charge on any atom is -0.398 e. The maximum Gasteiger partial charge on any atom is 0.338 e. The highest BCUT2D eigenvalue weighted by Crippen LogP contribution is 2.47. The molecule has 2 fully saturated rings. The van der Waals surface area contributed by atoms with Crippen molar-refractivity contribution in [2.45, 2.75) is 50.3 Å². The number of nitrogens with one attached hydrogen (secondary N) is 1. The van der Waals surface area contributed by atoms with Crippen LogP contribution >= 0.6 is 0 Å². The lowest BCUT2D eigenvalue weighted by molar-refractivity contribution is -0.210. The van der Waals surface area contributed by atoms with Crippen LogP contribution in [-0.2, 0) is 24.0 Å². The summed E-state index contributed by atoms with van der Waals surface area (Å²) in [5, 5.41) is 0. The Morgan fingerprint density at radius 2 is 1.91 bits per heavy atom. The van der Waals surface area contributed by atoms with Gasteiger partial charge in [-0.2, -0.15) is 13.1 Å². The predicted molar refractivity (Wildman–Crippen MR) is 84.4 cm³/mol. The van der Waals surface area contributed by atoms with Crippen LogP contribution in [0, 0.1) is 0 Å². The van der Waals surface area contributed by atoms with E-state index in [0.29, 0.717) is 11.3 Å². The minimum absolute atomic E-state index is 0.518. The summed E-state index contributed by atoms with van der Waals surface area (Å²) in [6, 6.07) is 7.18. The second-order valence-electron chi connectivity index (χ2n) is 5.88. The van der Waals surface area contributed by atoms with Gasteiger partial charge in [-0.3, -0.25) is 0 Å². The number of hydrogen-bond donors (Lipinski definition) is 2. The Morgan fingerprint density at radius 3 is 2.57 bits per heavy atom. The van der Waals surface area contributed by atoms with Gasteiger partial charge in [0.15, 0.2) is 5.79 Å². The summed E-state index contributed by atoms with van der Waals surface area (Å²) in [5.41, 5.74) is 7.21. The van der Waals surface area contributed by atoms with Crippen LogP contribution in [0.1, 0.15) is 43.8 Å². The van der Waals surface area contributed by atoms with Gasteiger partial charge < -0.3 is 15.2 Å². The van der Waals surface area contributed by atoms with Gasteiger partial charge in [-0.15, -0.1) is 0 Å². The molecular formula is C15H22N2O5S. The van der Waals surface area contributed by atoms with Crippen LogP contribution in [0.5, 0.6) is 0 Å². The molecule has 0 amide bonds. The number of benzene rings is 1. The van der Waals surface area contributed by atoms with Gasteiger partial charge in [0.1, 0.15) is 6.10 Å². The molecule has 3 rings (SSSR count). The molecule has 1 heterocycles. The van der Waals surface area contributed by atoms with E-state index in [1.807, 2.05) is 12.1 Å². The molecule has 0 bridgehead atoms. The van der Waals surface area contributed by atoms with Crippen molar-refractivity contribution in [3.05, 3.63) is 29.8 Å². The standard InChI is InChI=1S/C15H22N2O5S/c1-17-23(18,19)22-14-13(11-7-3-4-8-12(11)16)20-15(21-14)9-5-2-6-10-15/h3-4,7-8,13-14,17H,2,5-6,9-10,16H2,1H3. The number of anilines is 1. The molecule has 1 saturated heterocycles. The molecule has 1 aliphatic heterocycles. The van der Waals surface area contributed by atoms with Crippen LogP contribution in [0.25, 0.3) is 0 Å². The van der Waals surface area contributed by atoms with Gasteiger partial charge in [-0.25, -0.2) is 4.18 Å². The third-order valence-electron chi connectivity index (χ3n) is 4.31. The number of nitrogen functional groups attached to an aromatic ring is 1. The SMILES string of the molecule is CNS(=O)(=O)OC1OC2(CCCCC2)OC1c1ccccc1N. The highest BCUT2D eigenvalue weighted by Gasteiger charge is 2.51. The van der Waals surface area contributed by atoms with Gasteiger partial charge in [0.05, 0.1) is 0 Å². The van der Waals surface area contributed by atoms with E-state index in [0.717, 1.165) is 32.1 Å². The first kappa shape index (κ1) is 16.7. The van der Waals surface area contributed by atoms with E-state index in [-0.39, 0.29) is 0 Å². The first-order chi connectivity index (χ1) is 10.9. The number of rotatable bonds is 4. The second-order valence-corrected chi connectivity index (χ2v) is 7.39.